The zero-order chi connectivity index (χ0) is 13.3. The van der Waals surface area contributed by atoms with Crippen LogP contribution in [0.3, 0.4) is 0 Å². The fourth-order valence-corrected chi connectivity index (χ4v) is 2.63. The molecule has 2 rings (SSSR count). The molecule has 6 heteroatoms. The van der Waals surface area contributed by atoms with E-state index in [4.69, 9.17) is 23.2 Å². The first-order chi connectivity index (χ1) is 8.52. The highest BCUT2D eigenvalue weighted by Crippen LogP contribution is 2.32. The summed E-state index contributed by atoms with van der Waals surface area (Å²) in [4.78, 5) is 16.5. The van der Waals surface area contributed by atoms with Gasteiger partial charge in [0.15, 0.2) is 5.69 Å². The number of halogens is 2. The second kappa shape index (κ2) is 5.26. The summed E-state index contributed by atoms with van der Waals surface area (Å²) in [5, 5.41) is 1.66. The van der Waals surface area contributed by atoms with Gasteiger partial charge in [0, 0.05) is 10.4 Å². The number of aromatic nitrogens is 1. The average Bonchev–Trinajstić information content (AvgIpc) is 2.74. The van der Waals surface area contributed by atoms with Crippen molar-refractivity contribution in [3.8, 4) is 10.6 Å². The van der Waals surface area contributed by atoms with Crippen molar-refractivity contribution in [3.63, 3.8) is 0 Å². The quantitative estimate of drug-likeness (QED) is 0.780. The number of benzene rings is 1. The van der Waals surface area contributed by atoms with Crippen LogP contribution in [-0.4, -0.2) is 18.1 Å². The Kier molecular flexibility index (Phi) is 3.90. The molecule has 0 atom stereocenters. The maximum absolute atomic E-state index is 11.5. The molecule has 18 heavy (non-hydrogen) atoms. The van der Waals surface area contributed by atoms with Crippen molar-refractivity contribution in [3.05, 3.63) is 38.8 Å². The SMILES string of the molecule is COC(=O)c1nc(-c2ccc(Cl)c(Cl)c2)sc1C. The van der Waals surface area contributed by atoms with E-state index in [1.165, 1.54) is 18.4 Å². The summed E-state index contributed by atoms with van der Waals surface area (Å²) in [5.74, 6) is -0.435. The van der Waals surface area contributed by atoms with Crippen LogP contribution in [0.25, 0.3) is 10.6 Å². The number of hydrogen-bond acceptors (Lipinski definition) is 4. The third-order valence-electron chi connectivity index (χ3n) is 2.34. The maximum Gasteiger partial charge on any atom is 0.357 e. The smallest absolute Gasteiger partial charge is 0.357 e. The third-order valence-corrected chi connectivity index (χ3v) is 4.10. The molecule has 0 spiro atoms. The number of hydrogen-bond donors (Lipinski definition) is 0. The topological polar surface area (TPSA) is 39.2 Å². The Balaban J connectivity index is 2.45. The first kappa shape index (κ1) is 13.3. The van der Waals surface area contributed by atoms with Crippen molar-refractivity contribution < 1.29 is 9.53 Å². The number of nitrogens with zero attached hydrogens (tertiary/aromatic N) is 1. The normalized spacial score (nSPS) is 10.4. The molecule has 0 saturated heterocycles. The largest absolute Gasteiger partial charge is 0.464 e. The molecule has 0 radical (unpaired) electrons. The van der Waals surface area contributed by atoms with Gasteiger partial charge >= 0.3 is 5.97 Å². The lowest BCUT2D eigenvalue weighted by atomic mass is 10.2. The molecule has 1 aromatic heterocycles. The Morgan fingerprint density at radius 2 is 2.06 bits per heavy atom. The summed E-state index contributed by atoms with van der Waals surface area (Å²) in [6.45, 7) is 1.82. The van der Waals surface area contributed by atoms with Crippen molar-refractivity contribution in [2.45, 2.75) is 6.92 Å². The average molecular weight is 302 g/mol. The molecule has 94 valence electrons. The second-order valence-electron chi connectivity index (χ2n) is 3.54. The minimum atomic E-state index is -0.435. The van der Waals surface area contributed by atoms with Gasteiger partial charge < -0.3 is 4.74 Å². The van der Waals surface area contributed by atoms with E-state index in [2.05, 4.69) is 9.72 Å². The van der Waals surface area contributed by atoms with Crippen LogP contribution in [0.2, 0.25) is 10.0 Å². The van der Waals surface area contributed by atoms with Gasteiger partial charge in [-0.3, -0.25) is 0 Å². The van der Waals surface area contributed by atoms with Crippen molar-refractivity contribution in [1.29, 1.82) is 0 Å². The fourth-order valence-electron chi connectivity index (χ4n) is 1.44. The number of rotatable bonds is 2. The van der Waals surface area contributed by atoms with Crippen LogP contribution in [0.4, 0.5) is 0 Å². The highest BCUT2D eigenvalue weighted by molar-refractivity contribution is 7.15. The summed E-state index contributed by atoms with van der Waals surface area (Å²) >= 11 is 13.2. The molecule has 0 amide bonds. The van der Waals surface area contributed by atoms with Gasteiger partial charge in [-0.25, -0.2) is 9.78 Å². The van der Waals surface area contributed by atoms with Crippen LogP contribution in [0.15, 0.2) is 18.2 Å². The van der Waals surface area contributed by atoms with E-state index in [-0.39, 0.29) is 0 Å². The first-order valence-corrected chi connectivity index (χ1v) is 6.61. The van der Waals surface area contributed by atoms with E-state index < -0.39 is 5.97 Å². The van der Waals surface area contributed by atoms with Gasteiger partial charge in [-0.2, -0.15) is 0 Å². The predicted octanol–water partition coefficient (Wildman–Crippen LogP) is 4.21. The van der Waals surface area contributed by atoms with Gasteiger partial charge in [0.1, 0.15) is 5.01 Å². The van der Waals surface area contributed by atoms with E-state index >= 15 is 0 Å². The molecule has 0 bridgehead atoms. The van der Waals surface area contributed by atoms with Crippen LogP contribution in [0.5, 0.6) is 0 Å². The number of carbonyl (C=O) groups is 1. The number of aryl methyl sites for hydroxylation is 1. The minimum absolute atomic E-state index is 0.337. The minimum Gasteiger partial charge on any atom is -0.464 e. The molecule has 0 unspecified atom stereocenters. The molecule has 1 heterocycles. The second-order valence-corrected chi connectivity index (χ2v) is 5.56. The maximum atomic E-state index is 11.5. The third kappa shape index (κ3) is 2.51. The molecule has 0 N–H and O–H groups in total. The standard InChI is InChI=1S/C12H9Cl2NO2S/c1-6-10(12(16)17-2)15-11(18-6)7-3-4-8(13)9(14)5-7/h3-5H,1-2H3. The lowest BCUT2D eigenvalue weighted by Gasteiger charge is -1.99. The summed E-state index contributed by atoms with van der Waals surface area (Å²) in [6.07, 6.45) is 0. The molecule has 0 saturated carbocycles. The summed E-state index contributed by atoms with van der Waals surface area (Å²) in [6, 6.07) is 5.24. The van der Waals surface area contributed by atoms with Crippen molar-refractivity contribution in [1.82, 2.24) is 4.98 Å². The number of methoxy groups -OCH3 is 1. The van der Waals surface area contributed by atoms with Gasteiger partial charge in [-0.05, 0) is 19.1 Å². The molecular formula is C12H9Cl2NO2S. The van der Waals surface area contributed by atoms with Gasteiger partial charge in [0.2, 0.25) is 0 Å². The Morgan fingerprint density at radius 1 is 1.33 bits per heavy atom. The van der Waals surface area contributed by atoms with Crippen molar-refractivity contribution in [2.75, 3.05) is 7.11 Å². The van der Waals surface area contributed by atoms with Crippen molar-refractivity contribution in [2.24, 2.45) is 0 Å². The Labute approximate surface area is 118 Å². The lowest BCUT2D eigenvalue weighted by molar-refractivity contribution is 0.0594. The molecule has 0 aliphatic carbocycles. The zero-order valence-corrected chi connectivity index (χ0v) is 12.0. The van der Waals surface area contributed by atoms with Crippen LogP contribution in [0, 0.1) is 6.92 Å². The van der Waals surface area contributed by atoms with Gasteiger partial charge in [0.25, 0.3) is 0 Å². The lowest BCUT2D eigenvalue weighted by Crippen LogP contribution is -2.03. The summed E-state index contributed by atoms with van der Waals surface area (Å²) < 4.78 is 4.67. The number of ether oxygens (including phenoxy) is 1. The Bertz CT molecular complexity index is 610. The number of esters is 1. The molecular weight excluding hydrogens is 293 g/mol. The highest BCUT2D eigenvalue weighted by atomic mass is 35.5. The van der Waals surface area contributed by atoms with E-state index in [1.54, 1.807) is 12.1 Å². The van der Waals surface area contributed by atoms with Crippen LogP contribution in [-0.2, 0) is 4.74 Å². The Morgan fingerprint density at radius 3 is 2.67 bits per heavy atom. The van der Waals surface area contributed by atoms with Crippen molar-refractivity contribution >= 4 is 40.5 Å². The number of thiazole rings is 1. The number of carbonyl (C=O) groups excluding carboxylic acids is 1. The van der Waals surface area contributed by atoms with Crippen LogP contribution < -0.4 is 0 Å². The predicted molar refractivity (Wildman–Crippen MR) is 73.6 cm³/mol. The van der Waals surface area contributed by atoms with E-state index in [0.717, 1.165) is 10.4 Å². The summed E-state index contributed by atoms with van der Waals surface area (Å²) in [7, 11) is 1.33. The van der Waals surface area contributed by atoms with E-state index in [9.17, 15) is 4.79 Å². The summed E-state index contributed by atoms with van der Waals surface area (Å²) in [5.41, 5.74) is 1.16. The molecule has 0 fully saturated rings. The zero-order valence-electron chi connectivity index (χ0n) is 9.66. The van der Waals surface area contributed by atoms with Crippen LogP contribution >= 0.6 is 34.5 Å². The van der Waals surface area contributed by atoms with E-state index in [1.807, 2.05) is 13.0 Å². The van der Waals surface area contributed by atoms with Gasteiger partial charge in [-0.1, -0.05) is 29.3 Å². The monoisotopic (exact) mass is 301 g/mol. The molecule has 1 aromatic carbocycles. The first-order valence-electron chi connectivity index (χ1n) is 5.04. The van der Waals surface area contributed by atoms with Gasteiger partial charge in [-0.15, -0.1) is 11.3 Å². The van der Waals surface area contributed by atoms with E-state index in [0.29, 0.717) is 20.7 Å². The molecule has 0 aliphatic heterocycles. The fraction of sp³-hybridized carbons (Fsp3) is 0.167. The molecule has 0 aliphatic rings. The Hall–Kier alpha value is -1.10. The van der Waals surface area contributed by atoms with Crippen LogP contribution in [0.1, 0.15) is 15.4 Å². The molecule has 2 aromatic rings. The highest BCUT2D eigenvalue weighted by Gasteiger charge is 2.16. The molecule has 3 nitrogen and oxygen atoms in total. The van der Waals surface area contributed by atoms with Gasteiger partial charge in [0.05, 0.1) is 17.2 Å².